The topological polar surface area (TPSA) is 72.8 Å². The maximum Gasteiger partial charge on any atom is 0.150 e. The van der Waals surface area contributed by atoms with Crippen LogP contribution in [0.4, 0.5) is 4.39 Å². The van der Waals surface area contributed by atoms with Gasteiger partial charge in [-0.3, -0.25) is 0 Å². The standard InChI is InChI=1S/C28H29FO5S/c29-27-17-21-6-4-5-20-15-24(34-19-28(30)11-13-35(31,32)14-12-28)9-10-25(20)26(21)16-22(27)18-33-23-7-2-1-3-8-23/h1-3,7-10,15-17,30H,4-6,11-14,18-19H2. The molecule has 0 atom stereocenters. The van der Waals surface area contributed by atoms with Crippen molar-refractivity contribution in [1.82, 2.24) is 0 Å². The Labute approximate surface area is 205 Å². The van der Waals surface area contributed by atoms with Crippen molar-refractivity contribution in [3.05, 3.63) is 83.2 Å². The molecular formula is C28H29FO5S. The van der Waals surface area contributed by atoms with E-state index in [9.17, 15) is 17.9 Å². The van der Waals surface area contributed by atoms with Crippen molar-refractivity contribution >= 4 is 9.84 Å². The van der Waals surface area contributed by atoms with Gasteiger partial charge in [-0.2, -0.15) is 0 Å². The molecule has 2 aliphatic rings. The lowest BCUT2D eigenvalue weighted by Gasteiger charge is -2.31. The molecule has 7 heteroatoms. The monoisotopic (exact) mass is 496 g/mol. The van der Waals surface area contributed by atoms with Crippen LogP contribution < -0.4 is 9.47 Å². The number of aryl methyl sites for hydroxylation is 2. The van der Waals surface area contributed by atoms with E-state index in [2.05, 4.69) is 0 Å². The van der Waals surface area contributed by atoms with E-state index < -0.39 is 15.4 Å². The second-order valence-corrected chi connectivity index (χ2v) is 11.8. The van der Waals surface area contributed by atoms with Crippen molar-refractivity contribution in [3.8, 4) is 22.6 Å². The molecule has 1 aliphatic carbocycles. The van der Waals surface area contributed by atoms with Gasteiger partial charge in [0.1, 0.15) is 36.1 Å². The van der Waals surface area contributed by atoms with E-state index in [1.54, 1.807) is 6.07 Å². The fraction of sp³-hybridized carbons (Fsp3) is 0.357. The summed E-state index contributed by atoms with van der Waals surface area (Å²) in [6.45, 7) is 0.206. The molecule has 0 unspecified atom stereocenters. The Morgan fingerprint density at radius 2 is 1.57 bits per heavy atom. The molecule has 1 heterocycles. The van der Waals surface area contributed by atoms with Gasteiger partial charge in [-0.25, -0.2) is 12.8 Å². The van der Waals surface area contributed by atoms with E-state index in [0.717, 1.165) is 41.5 Å². The van der Waals surface area contributed by atoms with Crippen molar-refractivity contribution in [2.45, 2.75) is 44.3 Å². The summed E-state index contributed by atoms with van der Waals surface area (Å²) in [5, 5.41) is 10.7. The van der Waals surface area contributed by atoms with Crippen LogP contribution in [-0.4, -0.2) is 37.2 Å². The highest BCUT2D eigenvalue weighted by Crippen LogP contribution is 2.36. The van der Waals surface area contributed by atoms with Crippen LogP contribution in [0.15, 0.2) is 60.7 Å². The highest BCUT2D eigenvalue weighted by atomic mass is 32.2. The third-order valence-electron chi connectivity index (χ3n) is 6.93. The minimum absolute atomic E-state index is 0.0132. The van der Waals surface area contributed by atoms with Crippen LogP contribution in [0.3, 0.4) is 0 Å². The first kappa shape index (κ1) is 23.8. The first-order chi connectivity index (χ1) is 16.8. The minimum atomic E-state index is -3.06. The predicted molar refractivity (Wildman–Crippen MR) is 133 cm³/mol. The van der Waals surface area contributed by atoms with E-state index >= 15 is 0 Å². The molecule has 1 saturated heterocycles. The van der Waals surface area contributed by atoms with Crippen LogP contribution in [0.2, 0.25) is 0 Å². The van der Waals surface area contributed by atoms with E-state index in [-0.39, 0.29) is 43.4 Å². The second kappa shape index (κ2) is 9.63. The fourth-order valence-electron chi connectivity index (χ4n) is 4.78. The van der Waals surface area contributed by atoms with Crippen molar-refractivity contribution in [1.29, 1.82) is 0 Å². The fourth-order valence-corrected chi connectivity index (χ4v) is 6.37. The number of para-hydroxylation sites is 1. The van der Waals surface area contributed by atoms with Gasteiger partial charge in [-0.1, -0.05) is 24.3 Å². The summed E-state index contributed by atoms with van der Waals surface area (Å²) in [7, 11) is -3.06. The van der Waals surface area contributed by atoms with Gasteiger partial charge in [0.05, 0.1) is 11.5 Å². The number of hydrogen-bond acceptors (Lipinski definition) is 5. The number of fused-ring (bicyclic) bond motifs is 3. The van der Waals surface area contributed by atoms with Crippen molar-refractivity contribution in [2.75, 3.05) is 18.1 Å². The molecule has 5 nitrogen and oxygen atoms in total. The average molecular weight is 497 g/mol. The van der Waals surface area contributed by atoms with Gasteiger partial charge >= 0.3 is 0 Å². The van der Waals surface area contributed by atoms with Crippen molar-refractivity contribution < 1.29 is 27.4 Å². The Bertz CT molecular complexity index is 1310. The molecule has 0 bridgehead atoms. The molecule has 0 saturated carbocycles. The van der Waals surface area contributed by atoms with Gasteiger partial charge in [0.15, 0.2) is 9.84 Å². The lowest BCUT2D eigenvalue weighted by atomic mass is 9.94. The normalized spacial score (nSPS) is 18.1. The number of aliphatic hydroxyl groups is 1. The largest absolute Gasteiger partial charge is 0.491 e. The molecular weight excluding hydrogens is 467 g/mol. The van der Waals surface area contributed by atoms with E-state index in [4.69, 9.17) is 9.47 Å². The number of sulfone groups is 1. The van der Waals surface area contributed by atoms with Gasteiger partial charge in [0.25, 0.3) is 0 Å². The quantitative estimate of drug-likeness (QED) is 0.527. The number of hydrogen-bond donors (Lipinski definition) is 1. The van der Waals surface area contributed by atoms with Crippen LogP contribution in [0.5, 0.6) is 11.5 Å². The van der Waals surface area contributed by atoms with Crippen LogP contribution >= 0.6 is 0 Å². The summed E-state index contributed by atoms with van der Waals surface area (Å²) in [5.74, 6) is 1.05. The van der Waals surface area contributed by atoms with E-state index in [1.165, 1.54) is 0 Å². The first-order valence-corrected chi connectivity index (χ1v) is 13.8. The summed E-state index contributed by atoms with van der Waals surface area (Å²) >= 11 is 0. The van der Waals surface area contributed by atoms with E-state index in [1.807, 2.05) is 54.6 Å². The Kier molecular flexibility index (Phi) is 6.55. The number of halogens is 1. The Morgan fingerprint density at radius 1 is 0.857 bits per heavy atom. The van der Waals surface area contributed by atoms with Crippen LogP contribution in [0, 0.1) is 5.82 Å². The van der Waals surface area contributed by atoms with Gasteiger partial charge in [-0.05, 0) is 90.8 Å². The Hall–Kier alpha value is -2.90. The molecule has 3 aromatic carbocycles. The number of benzene rings is 3. The predicted octanol–water partition coefficient (Wildman–Crippen LogP) is 4.88. The first-order valence-electron chi connectivity index (χ1n) is 12.0. The lowest BCUT2D eigenvalue weighted by molar-refractivity contribution is -0.0128. The molecule has 0 radical (unpaired) electrons. The van der Waals surface area contributed by atoms with Gasteiger partial charge < -0.3 is 14.6 Å². The molecule has 0 aromatic heterocycles. The zero-order valence-electron chi connectivity index (χ0n) is 19.5. The zero-order chi connectivity index (χ0) is 24.5. The number of ether oxygens (including phenoxy) is 2. The van der Waals surface area contributed by atoms with Crippen molar-refractivity contribution in [2.24, 2.45) is 0 Å². The second-order valence-electron chi connectivity index (χ2n) is 9.54. The summed E-state index contributed by atoms with van der Waals surface area (Å²) in [5.41, 5.74) is 3.53. The Morgan fingerprint density at radius 3 is 2.31 bits per heavy atom. The third-order valence-corrected chi connectivity index (χ3v) is 8.59. The molecule has 1 N–H and O–H groups in total. The zero-order valence-corrected chi connectivity index (χ0v) is 20.3. The maximum absolute atomic E-state index is 14.9. The molecule has 184 valence electrons. The highest BCUT2D eigenvalue weighted by molar-refractivity contribution is 7.91. The minimum Gasteiger partial charge on any atom is -0.491 e. The van der Waals surface area contributed by atoms with Gasteiger partial charge in [0.2, 0.25) is 0 Å². The number of rotatable bonds is 6. The summed E-state index contributed by atoms with van der Waals surface area (Å²) in [6.07, 6.45) is 2.89. The molecule has 3 aromatic rings. The molecule has 1 fully saturated rings. The molecule has 5 rings (SSSR count). The molecule has 0 spiro atoms. The average Bonchev–Trinajstić information content (AvgIpc) is 3.02. The van der Waals surface area contributed by atoms with Crippen molar-refractivity contribution in [3.63, 3.8) is 0 Å². The summed E-state index contributed by atoms with van der Waals surface area (Å²) < 4.78 is 49.9. The molecule has 0 amide bonds. The SMILES string of the molecule is O=S1(=O)CCC(O)(COc2ccc3c(c2)CCCc2cc(F)c(COc4ccccc4)cc2-3)CC1. The van der Waals surface area contributed by atoms with Crippen LogP contribution in [-0.2, 0) is 29.3 Å². The molecule has 1 aliphatic heterocycles. The third kappa shape index (κ3) is 5.52. The maximum atomic E-state index is 14.9. The Balaban J connectivity index is 1.35. The van der Waals surface area contributed by atoms with Crippen LogP contribution in [0.25, 0.3) is 11.1 Å². The molecule has 35 heavy (non-hydrogen) atoms. The summed E-state index contributed by atoms with van der Waals surface area (Å²) in [4.78, 5) is 0. The van der Waals surface area contributed by atoms with Gasteiger partial charge in [0, 0.05) is 5.56 Å². The highest BCUT2D eigenvalue weighted by Gasteiger charge is 2.36. The van der Waals surface area contributed by atoms with Crippen LogP contribution in [0.1, 0.15) is 36.0 Å². The lowest BCUT2D eigenvalue weighted by Crippen LogP contribution is -2.43. The summed E-state index contributed by atoms with van der Waals surface area (Å²) in [6, 6.07) is 18.7. The van der Waals surface area contributed by atoms with E-state index in [0.29, 0.717) is 17.1 Å². The smallest absolute Gasteiger partial charge is 0.150 e. The van der Waals surface area contributed by atoms with Gasteiger partial charge in [-0.15, -0.1) is 0 Å².